The molecule has 0 aromatic heterocycles. The van der Waals surface area contributed by atoms with Gasteiger partial charge in [-0.1, -0.05) is 0 Å². The lowest BCUT2D eigenvalue weighted by Crippen LogP contribution is -2.36. The molecule has 0 aliphatic heterocycles. The molecule has 6 heteroatoms. The number of carbonyl (C=O) groups excluding carboxylic acids is 1. The first-order valence-corrected chi connectivity index (χ1v) is 6.77. The topological polar surface area (TPSA) is 74.0 Å². The number of methoxy groups -OCH3 is 3. The summed E-state index contributed by atoms with van der Waals surface area (Å²) in [6.45, 7) is 2.49. The Morgan fingerprint density at radius 1 is 1.14 bits per heavy atom. The summed E-state index contributed by atoms with van der Waals surface area (Å²) in [4.78, 5) is 14.3. The van der Waals surface area contributed by atoms with E-state index < -0.39 is 0 Å². The van der Waals surface area contributed by atoms with Gasteiger partial charge in [0.05, 0.1) is 26.9 Å². The summed E-state index contributed by atoms with van der Waals surface area (Å²) in [5.41, 5.74) is 5.98. The standard InChI is InChI=1S/C15H24N2O4/c1-10(6-7-16)17(2)15(18)11-8-13(20-4)14(21-5)9-12(11)19-3/h8-10H,6-7,16H2,1-5H3. The van der Waals surface area contributed by atoms with E-state index in [2.05, 4.69) is 0 Å². The Morgan fingerprint density at radius 2 is 1.67 bits per heavy atom. The Labute approximate surface area is 125 Å². The molecule has 6 nitrogen and oxygen atoms in total. The van der Waals surface area contributed by atoms with Gasteiger partial charge in [0.2, 0.25) is 0 Å². The van der Waals surface area contributed by atoms with E-state index in [1.165, 1.54) is 21.3 Å². The summed E-state index contributed by atoms with van der Waals surface area (Å²) < 4.78 is 15.7. The number of hydrogen-bond acceptors (Lipinski definition) is 5. The Hall–Kier alpha value is -1.95. The van der Waals surface area contributed by atoms with Gasteiger partial charge in [-0.15, -0.1) is 0 Å². The molecule has 0 fully saturated rings. The summed E-state index contributed by atoms with van der Waals surface area (Å²) in [6, 6.07) is 3.32. The van der Waals surface area contributed by atoms with Gasteiger partial charge in [-0.25, -0.2) is 0 Å². The zero-order valence-corrected chi connectivity index (χ0v) is 13.3. The molecule has 1 atom stereocenters. The van der Waals surface area contributed by atoms with Crippen LogP contribution in [0.3, 0.4) is 0 Å². The minimum absolute atomic E-state index is 0.0419. The lowest BCUT2D eigenvalue weighted by Gasteiger charge is -2.25. The monoisotopic (exact) mass is 296 g/mol. The molecule has 0 radical (unpaired) electrons. The van der Waals surface area contributed by atoms with Gasteiger partial charge in [0.1, 0.15) is 5.75 Å². The number of nitrogens with zero attached hydrogens (tertiary/aromatic N) is 1. The summed E-state index contributed by atoms with van der Waals surface area (Å²) in [6.07, 6.45) is 0.734. The van der Waals surface area contributed by atoms with Gasteiger partial charge in [-0.05, 0) is 19.9 Å². The number of ether oxygens (including phenoxy) is 3. The Balaban J connectivity index is 3.18. The molecule has 0 heterocycles. The molecule has 0 bridgehead atoms. The van der Waals surface area contributed by atoms with Crippen LogP contribution in [-0.2, 0) is 0 Å². The van der Waals surface area contributed by atoms with Gasteiger partial charge in [-0.3, -0.25) is 4.79 Å². The van der Waals surface area contributed by atoms with Crippen molar-refractivity contribution in [2.75, 3.05) is 34.9 Å². The van der Waals surface area contributed by atoms with Gasteiger partial charge >= 0.3 is 0 Å². The second kappa shape index (κ2) is 7.73. The molecule has 2 N–H and O–H groups in total. The van der Waals surface area contributed by atoms with Gasteiger partial charge in [-0.2, -0.15) is 0 Å². The van der Waals surface area contributed by atoms with Gasteiger partial charge < -0.3 is 24.8 Å². The van der Waals surface area contributed by atoms with Gasteiger partial charge in [0, 0.05) is 25.2 Å². The molecule has 0 spiro atoms. The van der Waals surface area contributed by atoms with Crippen molar-refractivity contribution in [3.63, 3.8) is 0 Å². The molecule has 0 aliphatic rings. The molecule has 0 aliphatic carbocycles. The van der Waals surface area contributed by atoms with Crippen LogP contribution in [0, 0.1) is 0 Å². The van der Waals surface area contributed by atoms with Crippen molar-refractivity contribution in [2.45, 2.75) is 19.4 Å². The van der Waals surface area contributed by atoms with E-state index in [-0.39, 0.29) is 11.9 Å². The minimum atomic E-state index is -0.145. The van der Waals surface area contributed by atoms with Crippen LogP contribution in [0.25, 0.3) is 0 Å². The Morgan fingerprint density at radius 3 is 2.14 bits per heavy atom. The first-order chi connectivity index (χ1) is 9.99. The Kier molecular flexibility index (Phi) is 6.30. The molecule has 118 valence electrons. The smallest absolute Gasteiger partial charge is 0.257 e. The summed E-state index contributed by atoms with van der Waals surface area (Å²) in [5, 5.41) is 0. The normalized spacial score (nSPS) is 11.7. The third kappa shape index (κ3) is 3.78. The zero-order chi connectivity index (χ0) is 16.0. The third-order valence-corrected chi connectivity index (χ3v) is 3.50. The fourth-order valence-corrected chi connectivity index (χ4v) is 2.02. The highest BCUT2D eigenvalue weighted by Gasteiger charge is 2.23. The fraction of sp³-hybridized carbons (Fsp3) is 0.533. The summed E-state index contributed by atoms with van der Waals surface area (Å²) in [5.74, 6) is 1.31. The molecular weight excluding hydrogens is 272 g/mol. The van der Waals surface area contributed by atoms with Crippen molar-refractivity contribution in [2.24, 2.45) is 5.73 Å². The predicted molar refractivity (Wildman–Crippen MR) is 81.3 cm³/mol. The van der Waals surface area contributed by atoms with Crippen LogP contribution in [0.4, 0.5) is 0 Å². The molecule has 21 heavy (non-hydrogen) atoms. The largest absolute Gasteiger partial charge is 0.496 e. The van der Waals surface area contributed by atoms with E-state index in [0.29, 0.717) is 29.4 Å². The maximum atomic E-state index is 12.6. The molecule has 1 aromatic carbocycles. The highest BCUT2D eigenvalue weighted by atomic mass is 16.5. The van der Waals surface area contributed by atoms with E-state index in [4.69, 9.17) is 19.9 Å². The van der Waals surface area contributed by atoms with Crippen LogP contribution in [-0.4, -0.2) is 51.8 Å². The lowest BCUT2D eigenvalue weighted by atomic mass is 10.1. The molecule has 1 aromatic rings. The lowest BCUT2D eigenvalue weighted by molar-refractivity contribution is 0.0735. The van der Waals surface area contributed by atoms with Crippen LogP contribution in [0.15, 0.2) is 12.1 Å². The molecule has 1 amide bonds. The molecule has 0 saturated carbocycles. The van der Waals surface area contributed by atoms with Crippen molar-refractivity contribution >= 4 is 5.91 Å². The Bertz CT molecular complexity index is 491. The first kappa shape index (κ1) is 17.1. The van der Waals surface area contributed by atoms with Crippen molar-refractivity contribution in [1.29, 1.82) is 0 Å². The summed E-state index contributed by atoms with van der Waals surface area (Å²) in [7, 11) is 6.33. The van der Waals surface area contributed by atoms with Crippen LogP contribution >= 0.6 is 0 Å². The van der Waals surface area contributed by atoms with E-state index >= 15 is 0 Å². The van der Waals surface area contributed by atoms with Crippen LogP contribution < -0.4 is 19.9 Å². The van der Waals surface area contributed by atoms with E-state index in [0.717, 1.165) is 6.42 Å². The molecular formula is C15H24N2O4. The van der Waals surface area contributed by atoms with Gasteiger partial charge in [0.15, 0.2) is 11.5 Å². The second-order valence-electron chi connectivity index (χ2n) is 4.75. The van der Waals surface area contributed by atoms with Gasteiger partial charge in [0.25, 0.3) is 5.91 Å². The van der Waals surface area contributed by atoms with Crippen LogP contribution in [0.2, 0.25) is 0 Å². The number of amides is 1. The maximum Gasteiger partial charge on any atom is 0.257 e. The van der Waals surface area contributed by atoms with Crippen molar-refractivity contribution in [1.82, 2.24) is 4.90 Å². The fourth-order valence-electron chi connectivity index (χ4n) is 2.02. The second-order valence-corrected chi connectivity index (χ2v) is 4.75. The molecule has 0 saturated heterocycles. The number of hydrogen-bond donors (Lipinski definition) is 1. The minimum Gasteiger partial charge on any atom is -0.496 e. The molecule has 1 rings (SSSR count). The van der Waals surface area contributed by atoms with Crippen LogP contribution in [0.1, 0.15) is 23.7 Å². The van der Waals surface area contributed by atoms with E-state index in [1.54, 1.807) is 24.1 Å². The SMILES string of the molecule is COc1cc(OC)c(C(=O)N(C)C(C)CCN)cc1OC. The number of rotatable bonds is 7. The average Bonchev–Trinajstić information content (AvgIpc) is 2.52. The highest BCUT2D eigenvalue weighted by Crippen LogP contribution is 2.35. The van der Waals surface area contributed by atoms with E-state index in [9.17, 15) is 4.79 Å². The van der Waals surface area contributed by atoms with Crippen molar-refractivity contribution < 1.29 is 19.0 Å². The average molecular weight is 296 g/mol. The predicted octanol–water partition coefficient (Wildman–Crippen LogP) is 1.52. The highest BCUT2D eigenvalue weighted by molar-refractivity contribution is 5.97. The third-order valence-electron chi connectivity index (χ3n) is 3.50. The van der Waals surface area contributed by atoms with Crippen LogP contribution in [0.5, 0.6) is 17.2 Å². The number of benzene rings is 1. The maximum absolute atomic E-state index is 12.6. The quantitative estimate of drug-likeness (QED) is 0.826. The van der Waals surface area contributed by atoms with Crippen molar-refractivity contribution in [3.05, 3.63) is 17.7 Å². The first-order valence-electron chi connectivity index (χ1n) is 6.77. The van der Waals surface area contributed by atoms with Crippen molar-refractivity contribution in [3.8, 4) is 17.2 Å². The molecule has 1 unspecified atom stereocenters. The van der Waals surface area contributed by atoms with E-state index in [1.807, 2.05) is 6.92 Å². The zero-order valence-electron chi connectivity index (χ0n) is 13.3. The number of nitrogens with two attached hydrogens (primary N) is 1. The number of carbonyl (C=O) groups is 1. The summed E-state index contributed by atoms with van der Waals surface area (Å²) >= 11 is 0.